The van der Waals surface area contributed by atoms with Crippen LogP contribution in [0.1, 0.15) is 12.0 Å². The lowest BCUT2D eigenvalue weighted by Crippen LogP contribution is -2.23. The Morgan fingerprint density at radius 1 is 1.30 bits per heavy atom. The van der Waals surface area contributed by atoms with Gasteiger partial charge in [0.15, 0.2) is 11.0 Å². The van der Waals surface area contributed by atoms with Crippen molar-refractivity contribution in [3.8, 4) is 11.6 Å². The molecule has 1 atom stereocenters. The number of halogens is 4. The zero-order valence-corrected chi connectivity index (χ0v) is 18.1. The SMILES string of the molecule is CN1CCC(Oc2nc(Cl)c(F)cc2CNc2nnnn2-c2cccc(Cl)c2Cl)C1. The number of pyridine rings is 1. The first-order valence-corrected chi connectivity index (χ1v) is 10.2. The van der Waals surface area contributed by atoms with E-state index in [4.69, 9.17) is 39.5 Å². The molecule has 0 spiro atoms. The summed E-state index contributed by atoms with van der Waals surface area (Å²) in [7, 11) is 2.01. The maximum Gasteiger partial charge on any atom is 0.248 e. The third-order valence-corrected chi connectivity index (χ3v) is 5.74. The number of aromatic nitrogens is 5. The summed E-state index contributed by atoms with van der Waals surface area (Å²) in [5.74, 6) is -0.0723. The maximum absolute atomic E-state index is 14.1. The average Bonchev–Trinajstić information content (AvgIpc) is 3.34. The Hall–Kier alpha value is -2.20. The van der Waals surface area contributed by atoms with E-state index in [0.29, 0.717) is 27.2 Å². The zero-order chi connectivity index (χ0) is 21.3. The first-order chi connectivity index (χ1) is 14.4. The van der Waals surface area contributed by atoms with Gasteiger partial charge in [0, 0.05) is 25.2 Å². The van der Waals surface area contributed by atoms with Gasteiger partial charge in [-0.3, -0.25) is 0 Å². The van der Waals surface area contributed by atoms with Crippen LogP contribution in [0, 0.1) is 5.82 Å². The van der Waals surface area contributed by atoms with Gasteiger partial charge in [-0.25, -0.2) is 4.39 Å². The van der Waals surface area contributed by atoms with Gasteiger partial charge in [0.25, 0.3) is 0 Å². The molecule has 30 heavy (non-hydrogen) atoms. The molecular weight excluding hydrogens is 456 g/mol. The standard InChI is InChI=1S/C18H17Cl3FN7O/c1-28-6-5-11(9-28)30-17-10(7-13(22)16(21)24-17)8-23-18-25-26-27-29(18)14-4-2-3-12(19)15(14)20/h2-4,7,11H,5-6,8-9H2,1H3,(H,23,25,27). The summed E-state index contributed by atoms with van der Waals surface area (Å²) in [5, 5.41) is 15.1. The number of rotatable bonds is 6. The van der Waals surface area contributed by atoms with Crippen LogP contribution in [0.5, 0.6) is 5.88 Å². The molecule has 1 aromatic carbocycles. The van der Waals surface area contributed by atoms with Crippen molar-refractivity contribution in [3.05, 3.63) is 50.8 Å². The monoisotopic (exact) mass is 471 g/mol. The highest BCUT2D eigenvalue weighted by molar-refractivity contribution is 6.43. The van der Waals surface area contributed by atoms with Crippen LogP contribution in [0.2, 0.25) is 15.2 Å². The molecular formula is C18H17Cl3FN7O. The van der Waals surface area contributed by atoms with Gasteiger partial charge in [-0.15, -0.1) is 0 Å². The minimum absolute atomic E-state index is 0.0432. The van der Waals surface area contributed by atoms with E-state index in [1.165, 1.54) is 10.7 Å². The molecule has 4 rings (SSSR count). The van der Waals surface area contributed by atoms with E-state index in [0.717, 1.165) is 19.5 Å². The van der Waals surface area contributed by atoms with E-state index in [1.807, 2.05) is 7.05 Å². The molecule has 0 amide bonds. The van der Waals surface area contributed by atoms with Gasteiger partial charge in [0.1, 0.15) is 6.10 Å². The van der Waals surface area contributed by atoms with Crippen molar-refractivity contribution in [3.63, 3.8) is 0 Å². The van der Waals surface area contributed by atoms with Crippen molar-refractivity contribution >= 4 is 40.8 Å². The highest BCUT2D eigenvalue weighted by atomic mass is 35.5. The number of nitrogens with zero attached hydrogens (tertiary/aromatic N) is 6. The lowest BCUT2D eigenvalue weighted by Gasteiger charge is -2.17. The van der Waals surface area contributed by atoms with Crippen LogP contribution >= 0.6 is 34.8 Å². The number of hydrogen-bond donors (Lipinski definition) is 1. The second kappa shape index (κ2) is 8.89. The number of tetrazole rings is 1. The normalized spacial score (nSPS) is 16.8. The number of hydrogen-bond acceptors (Lipinski definition) is 7. The number of ether oxygens (including phenoxy) is 1. The van der Waals surface area contributed by atoms with E-state index in [9.17, 15) is 4.39 Å². The van der Waals surface area contributed by atoms with Crippen LogP contribution in [0.4, 0.5) is 10.3 Å². The molecule has 1 fully saturated rings. The molecule has 1 aliphatic heterocycles. The third-order valence-electron chi connectivity index (χ3n) is 4.66. The molecule has 8 nitrogen and oxygen atoms in total. The Morgan fingerprint density at radius 2 is 2.13 bits per heavy atom. The Morgan fingerprint density at radius 3 is 2.90 bits per heavy atom. The van der Waals surface area contributed by atoms with Crippen molar-refractivity contribution in [1.82, 2.24) is 30.1 Å². The minimum Gasteiger partial charge on any atom is -0.473 e. The van der Waals surface area contributed by atoms with Crippen LogP contribution in [0.15, 0.2) is 24.3 Å². The molecule has 1 unspecified atom stereocenters. The molecule has 1 aliphatic rings. The van der Waals surface area contributed by atoms with Gasteiger partial charge in [-0.2, -0.15) is 9.67 Å². The Labute approximate surface area is 186 Å². The summed E-state index contributed by atoms with van der Waals surface area (Å²) >= 11 is 18.2. The molecule has 0 aliphatic carbocycles. The van der Waals surface area contributed by atoms with E-state index in [1.54, 1.807) is 18.2 Å². The van der Waals surface area contributed by atoms with Gasteiger partial charge < -0.3 is 15.0 Å². The van der Waals surface area contributed by atoms with Crippen molar-refractivity contribution < 1.29 is 9.13 Å². The highest BCUT2D eigenvalue weighted by Crippen LogP contribution is 2.30. The fraction of sp³-hybridized carbons (Fsp3) is 0.333. The molecule has 0 bridgehead atoms. The van der Waals surface area contributed by atoms with Crippen molar-refractivity contribution in [2.24, 2.45) is 0 Å². The number of benzene rings is 1. The van der Waals surface area contributed by atoms with Crippen molar-refractivity contribution in [2.75, 3.05) is 25.5 Å². The molecule has 0 saturated carbocycles. The number of anilines is 1. The van der Waals surface area contributed by atoms with Gasteiger partial charge in [0.05, 0.1) is 15.7 Å². The van der Waals surface area contributed by atoms with Crippen LogP contribution in [0.25, 0.3) is 5.69 Å². The molecule has 0 radical (unpaired) electrons. The van der Waals surface area contributed by atoms with Gasteiger partial charge in [-0.1, -0.05) is 46.0 Å². The molecule has 1 N–H and O–H groups in total. The predicted molar refractivity (Wildman–Crippen MR) is 112 cm³/mol. The summed E-state index contributed by atoms with van der Waals surface area (Å²) in [4.78, 5) is 6.23. The van der Waals surface area contributed by atoms with Crippen molar-refractivity contribution in [2.45, 2.75) is 19.1 Å². The maximum atomic E-state index is 14.1. The van der Waals surface area contributed by atoms with Crippen LogP contribution in [-0.2, 0) is 6.54 Å². The summed E-state index contributed by atoms with van der Waals surface area (Å²) in [6.45, 7) is 1.83. The lowest BCUT2D eigenvalue weighted by atomic mass is 10.2. The topological polar surface area (TPSA) is 81.0 Å². The highest BCUT2D eigenvalue weighted by Gasteiger charge is 2.24. The fourth-order valence-electron chi connectivity index (χ4n) is 3.16. The third kappa shape index (κ3) is 4.44. The zero-order valence-electron chi connectivity index (χ0n) is 15.8. The van der Waals surface area contributed by atoms with E-state index >= 15 is 0 Å². The summed E-state index contributed by atoms with van der Waals surface area (Å²) in [5.41, 5.74) is 0.987. The Kier molecular flexibility index (Phi) is 6.24. The quantitative estimate of drug-likeness (QED) is 0.546. The lowest BCUT2D eigenvalue weighted by molar-refractivity contribution is 0.198. The second-order valence-electron chi connectivity index (χ2n) is 6.86. The van der Waals surface area contributed by atoms with Gasteiger partial charge in [0.2, 0.25) is 11.8 Å². The Bertz CT molecular complexity index is 1060. The van der Waals surface area contributed by atoms with Crippen LogP contribution in [-0.4, -0.2) is 56.3 Å². The summed E-state index contributed by atoms with van der Waals surface area (Å²) < 4.78 is 21.5. The summed E-state index contributed by atoms with van der Waals surface area (Å²) in [6.07, 6.45) is 0.810. The molecule has 3 aromatic rings. The van der Waals surface area contributed by atoms with E-state index < -0.39 is 5.82 Å². The van der Waals surface area contributed by atoms with E-state index in [-0.39, 0.29) is 23.7 Å². The number of likely N-dealkylation sites (N-methyl/N-ethyl adjacent to an activating group) is 1. The van der Waals surface area contributed by atoms with Crippen LogP contribution < -0.4 is 10.1 Å². The van der Waals surface area contributed by atoms with Gasteiger partial charge in [-0.05, 0) is 42.1 Å². The minimum atomic E-state index is -0.637. The fourth-order valence-corrected chi connectivity index (χ4v) is 3.66. The van der Waals surface area contributed by atoms with Crippen molar-refractivity contribution in [1.29, 1.82) is 0 Å². The first kappa shape index (κ1) is 21.0. The second-order valence-corrected chi connectivity index (χ2v) is 8.00. The van der Waals surface area contributed by atoms with Gasteiger partial charge >= 0.3 is 0 Å². The largest absolute Gasteiger partial charge is 0.473 e. The van der Waals surface area contributed by atoms with E-state index in [2.05, 4.69) is 30.7 Å². The molecule has 1 saturated heterocycles. The Balaban J connectivity index is 1.57. The summed E-state index contributed by atoms with van der Waals surface area (Å²) in [6, 6.07) is 6.41. The molecule has 3 heterocycles. The number of nitrogens with one attached hydrogen (secondary N) is 1. The predicted octanol–water partition coefficient (Wildman–Crippen LogP) is 3.85. The average molecular weight is 473 g/mol. The molecule has 2 aromatic heterocycles. The smallest absolute Gasteiger partial charge is 0.248 e. The number of likely N-dealkylation sites (tertiary alicyclic amines) is 1. The molecule has 12 heteroatoms. The molecule has 158 valence electrons. The van der Waals surface area contributed by atoms with Crippen LogP contribution in [0.3, 0.4) is 0 Å². The first-order valence-electron chi connectivity index (χ1n) is 9.09.